The van der Waals surface area contributed by atoms with E-state index in [0.717, 1.165) is 19.5 Å². The maximum atomic E-state index is 8.88. The van der Waals surface area contributed by atoms with E-state index in [2.05, 4.69) is 22.4 Å². The fraction of sp³-hybridized carbons (Fsp3) is 0.250. The van der Waals surface area contributed by atoms with Crippen molar-refractivity contribution in [3.8, 4) is 11.8 Å². The van der Waals surface area contributed by atoms with Gasteiger partial charge in [0, 0.05) is 12.7 Å². The van der Waals surface area contributed by atoms with Crippen LogP contribution in [0.2, 0.25) is 0 Å². The number of nitriles is 1. The van der Waals surface area contributed by atoms with E-state index in [1.165, 1.54) is 5.56 Å². The molecule has 20 heavy (non-hydrogen) atoms. The van der Waals surface area contributed by atoms with Crippen LogP contribution in [0.15, 0.2) is 48.7 Å². The highest BCUT2D eigenvalue weighted by molar-refractivity contribution is 5.36. The summed E-state index contributed by atoms with van der Waals surface area (Å²) in [6.45, 7) is 2.30. The molecule has 0 saturated carbocycles. The molecule has 102 valence electrons. The van der Waals surface area contributed by atoms with E-state index in [4.69, 9.17) is 10.00 Å². The van der Waals surface area contributed by atoms with Crippen LogP contribution >= 0.6 is 0 Å². The molecule has 0 aliphatic heterocycles. The molecule has 2 rings (SSSR count). The van der Waals surface area contributed by atoms with E-state index >= 15 is 0 Å². The lowest BCUT2D eigenvalue weighted by atomic mass is 10.2. The Morgan fingerprint density at radius 2 is 2.00 bits per heavy atom. The number of aromatic nitrogens is 1. The number of hydrogen-bond acceptors (Lipinski definition) is 4. The molecule has 2 aromatic rings. The zero-order valence-corrected chi connectivity index (χ0v) is 11.2. The van der Waals surface area contributed by atoms with Gasteiger partial charge in [-0.2, -0.15) is 5.26 Å². The summed E-state index contributed by atoms with van der Waals surface area (Å²) in [7, 11) is 0. The molecule has 0 saturated heterocycles. The van der Waals surface area contributed by atoms with Crippen LogP contribution in [0.4, 0.5) is 0 Å². The van der Waals surface area contributed by atoms with Crippen LogP contribution in [0.3, 0.4) is 0 Å². The van der Waals surface area contributed by atoms with Crippen molar-refractivity contribution in [1.29, 1.82) is 5.26 Å². The van der Waals surface area contributed by atoms with Crippen LogP contribution in [0.5, 0.6) is 5.75 Å². The van der Waals surface area contributed by atoms with Gasteiger partial charge in [-0.1, -0.05) is 30.3 Å². The minimum absolute atomic E-state index is 0.338. The minimum Gasteiger partial charge on any atom is -0.490 e. The van der Waals surface area contributed by atoms with E-state index in [0.29, 0.717) is 18.1 Å². The average Bonchev–Trinajstić information content (AvgIpc) is 2.52. The molecule has 1 aromatic heterocycles. The highest BCUT2D eigenvalue weighted by atomic mass is 16.5. The third-order valence-corrected chi connectivity index (χ3v) is 2.80. The molecule has 0 bridgehead atoms. The van der Waals surface area contributed by atoms with Gasteiger partial charge in [0.25, 0.3) is 0 Å². The molecule has 0 atom stereocenters. The fourth-order valence-corrected chi connectivity index (χ4v) is 1.80. The molecule has 0 radical (unpaired) electrons. The van der Waals surface area contributed by atoms with Crippen molar-refractivity contribution in [2.24, 2.45) is 0 Å². The summed E-state index contributed by atoms with van der Waals surface area (Å²) < 4.78 is 5.56. The highest BCUT2D eigenvalue weighted by Gasteiger charge is 2.02. The summed E-state index contributed by atoms with van der Waals surface area (Å²) in [6, 6.07) is 15.8. The second kappa shape index (κ2) is 7.93. The molecule has 0 fully saturated rings. The van der Waals surface area contributed by atoms with Crippen molar-refractivity contribution in [2.45, 2.75) is 13.0 Å². The maximum Gasteiger partial charge on any atom is 0.182 e. The first-order valence-corrected chi connectivity index (χ1v) is 6.62. The van der Waals surface area contributed by atoms with Gasteiger partial charge in [-0.25, -0.2) is 4.98 Å². The van der Waals surface area contributed by atoms with E-state index in [1.807, 2.05) is 24.3 Å². The van der Waals surface area contributed by atoms with Crippen LogP contribution in [-0.2, 0) is 6.54 Å². The molecule has 0 amide bonds. The summed E-state index contributed by atoms with van der Waals surface area (Å²) in [6.07, 6.45) is 2.47. The fourth-order valence-electron chi connectivity index (χ4n) is 1.80. The zero-order chi connectivity index (χ0) is 14.0. The smallest absolute Gasteiger partial charge is 0.182 e. The van der Waals surface area contributed by atoms with Crippen molar-refractivity contribution in [3.05, 3.63) is 59.9 Å². The Balaban J connectivity index is 1.64. The highest BCUT2D eigenvalue weighted by Crippen LogP contribution is 2.13. The lowest BCUT2D eigenvalue weighted by molar-refractivity contribution is 0.306. The van der Waals surface area contributed by atoms with Crippen molar-refractivity contribution in [3.63, 3.8) is 0 Å². The lowest BCUT2D eigenvalue weighted by Gasteiger charge is -2.08. The van der Waals surface area contributed by atoms with Crippen LogP contribution in [0.1, 0.15) is 17.7 Å². The Kier molecular flexibility index (Phi) is 5.56. The number of hydrogen-bond donors (Lipinski definition) is 1. The number of benzene rings is 1. The summed E-state index contributed by atoms with van der Waals surface area (Å²) in [5.74, 6) is 0.554. The lowest BCUT2D eigenvalue weighted by Crippen LogP contribution is -2.17. The van der Waals surface area contributed by atoms with Gasteiger partial charge in [0.15, 0.2) is 11.4 Å². The van der Waals surface area contributed by atoms with E-state index in [9.17, 15) is 0 Å². The van der Waals surface area contributed by atoms with Gasteiger partial charge in [0.05, 0.1) is 6.61 Å². The van der Waals surface area contributed by atoms with Crippen LogP contribution < -0.4 is 10.1 Å². The molecule has 0 aliphatic rings. The number of pyridine rings is 1. The van der Waals surface area contributed by atoms with Gasteiger partial charge in [0.2, 0.25) is 0 Å². The Morgan fingerprint density at radius 3 is 2.80 bits per heavy atom. The molecular formula is C16H17N3O. The van der Waals surface area contributed by atoms with E-state index in [-0.39, 0.29) is 0 Å². The molecule has 1 aromatic carbocycles. The Hall–Kier alpha value is -2.38. The second-order valence-corrected chi connectivity index (χ2v) is 4.33. The average molecular weight is 267 g/mol. The topological polar surface area (TPSA) is 57.9 Å². The maximum absolute atomic E-state index is 8.88. The quantitative estimate of drug-likeness (QED) is 0.783. The molecule has 0 unspecified atom stereocenters. The summed E-state index contributed by atoms with van der Waals surface area (Å²) in [5.41, 5.74) is 1.61. The number of ether oxygens (including phenoxy) is 1. The van der Waals surface area contributed by atoms with E-state index < -0.39 is 0 Å². The molecule has 4 heteroatoms. The molecule has 0 aliphatic carbocycles. The van der Waals surface area contributed by atoms with Gasteiger partial charge in [-0.3, -0.25) is 0 Å². The van der Waals surface area contributed by atoms with Crippen molar-refractivity contribution in [1.82, 2.24) is 10.3 Å². The third kappa shape index (κ3) is 4.38. The van der Waals surface area contributed by atoms with Crippen molar-refractivity contribution < 1.29 is 4.74 Å². The predicted molar refractivity (Wildman–Crippen MR) is 77.2 cm³/mol. The number of nitrogens with one attached hydrogen (secondary N) is 1. The summed E-state index contributed by atoms with van der Waals surface area (Å²) in [5, 5.41) is 12.2. The summed E-state index contributed by atoms with van der Waals surface area (Å²) >= 11 is 0. The zero-order valence-electron chi connectivity index (χ0n) is 11.2. The van der Waals surface area contributed by atoms with Gasteiger partial charge in [-0.05, 0) is 30.7 Å². The standard InChI is InChI=1S/C16H17N3O/c17-12-15-16(8-4-10-19-15)20-11-5-9-18-13-14-6-2-1-3-7-14/h1-4,6-8,10,18H,5,9,11,13H2. The van der Waals surface area contributed by atoms with Crippen molar-refractivity contribution >= 4 is 0 Å². The van der Waals surface area contributed by atoms with Crippen molar-refractivity contribution in [2.75, 3.05) is 13.2 Å². The van der Waals surface area contributed by atoms with Gasteiger partial charge < -0.3 is 10.1 Å². The molecule has 0 spiro atoms. The molecule has 1 heterocycles. The number of rotatable bonds is 7. The monoisotopic (exact) mass is 267 g/mol. The molecular weight excluding hydrogens is 250 g/mol. The SMILES string of the molecule is N#Cc1ncccc1OCCCNCc1ccccc1. The van der Waals surface area contributed by atoms with E-state index in [1.54, 1.807) is 18.3 Å². The normalized spacial score (nSPS) is 9.95. The largest absolute Gasteiger partial charge is 0.490 e. The van der Waals surface area contributed by atoms with Gasteiger partial charge in [-0.15, -0.1) is 0 Å². The van der Waals surface area contributed by atoms with Gasteiger partial charge >= 0.3 is 0 Å². The predicted octanol–water partition coefficient (Wildman–Crippen LogP) is 2.51. The first-order valence-electron chi connectivity index (χ1n) is 6.62. The summed E-state index contributed by atoms with van der Waals surface area (Å²) in [4.78, 5) is 3.95. The third-order valence-electron chi connectivity index (χ3n) is 2.80. The Bertz CT molecular complexity index is 563. The van der Waals surface area contributed by atoms with Gasteiger partial charge in [0.1, 0.15) is 6.07 Å². The first-order chi connectivity index (χ1) is 9.90. The molecule has 4 nitrogen and oxygen atoms in total. The Morgan fingerprint density at radius 1 is 1.15 bits per heavy atom. The molecule has 1 N–H and O–H groups in total. The second-order valence-electron chi connectivity index (χ2n) is 4.33. The van der Waals surface area contributed by atoms with Crippen LogP contribution in [0.25, 0.3) is 0 Å². The van der Waals surface area contributed by atoms with Crippen LogP contribution in [0, 0.1) is 11.3 Å². The number of nitrogens with zero attached hydrogens (tertiary/aromatic N) is 2. The first kappa shape index (κ1) is 14.0. The van der Waals surface area contributed by atoms with Crippen LogP contribution in [-0.4, -0.2) is 18.1 Å². The Labute approximate surface area is 119 Å². The minimum atomic E-state index is 0.338.